The Morgan fingerprint density at radius 3 is 2.71 bits per heavy atom. The van der Waals surface area contributed by atoms with Gasteiger partial charge in [0, 0.05) is 32.9 Å². The highest BCUT2D eigenvalue weighted by molar-refractivity contribution is 5.18. The van der Waals surface area contributed by atoms with Gasteiger partial charge in [-0.05, 0) is 18.2 Å². The van der Waals surface area contributed by atoms with Gasteiger partial charge in [-0.25, -0.2) is 8.78 Å². The first-order chi connectivity index (χ1) is 8.17. The molecule has 0 saturated heterocycles. The van der Waals surface area contributed by atoms with Crippen molar-refractivity contribution in [1.29, 1.82) is 0 Å². The Morgan fingerprint density at radius 2 is 2.06 bits per heavy atom. The molecule has 96 valence electrons. The first-order valence-electron chi connectivity index (χ1n) is 5.33. The van der Waals surface area contributed by atoms with E-state index >= 15 is 0 Å². The van der Waals surface area contributed by atoms with Crippen molar-refractivity contribution in [3.05, 3.63) is 35.4 Å². The Morgan fingerprint density at radius 1 is 1.29 bits per heavy atom. The summed E-state index contributed by atoms with van der Waals surface area (Å²) in [5.74, 6) is -0.858. The van der Waals surface area contributed by atoms with Crippen LogP contribution >= 0.6 is 0 Å². The van der Waals surface area contributed by atoms with Crippen molar-refractivity contribution in [1.82, 2.24) is 5.32 Å². The number of benzene rings is 1. The third-order valence-corrected chi connectivity index (χ3v) is 2.38. The van der Waals surface area contributed by atoms with Crippen LogP contribution in [0.2, 0.25) is 0 Å². The predicted molar refractivity (Wildman–Crippen MR) is 60.7 cm³/mol. The Balaban J connectivity index is 2.42. The molecular weight excluding hydrogens is 228 g/mol. The van der Waals surface area contributed by atoms with Gasteiger partial charge in [-0.15, -0.1) is 0 Å². The van der Waals surface area contributed by atoms with Crippen LogP contribution in [0, 0.1) is 11.6 Å². The molecule has 0 spiro atoms. The first-order valence-corrected chi connectivity index (χ1v) is 5.33. The highest BCUT2D eigenvalue weighted by atomic mass is 19.1. The van der Waals surface area contributed by atoms with Gasteiger partial charge in [0.1, 0.15) is 11.6 Å². The SMILES string of the molecule is COCC(CNCc1cc(F)ccc1F)OC. The molecule has 5 heteroatoms. The van der Waals surface area contributed by atoms with Crippen LogP contribution in [0.25, 0.3) is 0 Å². The third kappa shape index (κ3) is 4.77. The zero-order valence-corrected chi connectivity index (χ0v) is 10.0. The van der Waals surface area contributed by atoms with E-state index in [9.17, 15) is 8.78 Å². The van der Waals surface area contributed by atoms with Crippen LogP contribution in [0.1, 0.15) is 5.56 Å². The smallest absolute Gasteiger partial charge is 0.127 e. The molecule has 1 aromatic carbocycles. The molecule has 17 heavy (non-hydrogen) atoms. The molecule has 0 aliphatic heterocycles. The lowest BCUT2D eigenvalue weighted by Crippen LogP contribution is -2.31. The van der Waals surface area contributed by atoms with E-state index in [2.05, 4.69) is 5.32 Å². The van der Waals surface area contributed by atoms with Crippen LogP contribution in [-0.2, 0) is 16.0 Å². The van der Waals surface area contributed by atoms with Crippen LogP contribution in [0.4, 0.5) is 8.78 Å². The summed E-state index contributed by atoms with van der Waals surface area (Å²) >= 11 is 0. The van der Waals surface area contributed by atoms with Gasteiger partial charge in [0.25, 0.3) is 0 Å². The van der Waals surface area contributed by atoms with Crippen molar-refractivity contribution < 1.29 is 18.3 Å². The first kappa shape index (κ1) is 14.0. The molecule has 0 aliphatic rings. The minimum atomic E-state index is -0.441. The van der Waals surface area contributed by atoms with E-state index in [-0.39, 0.29) is 12.6 Å². The van der Waals surface area contributed by atoms with Crippen molar-refractivity contribution in [2.24, 2.45) is 0 Å². The molecule has 0 amide bonds. The fourth-order valence-electron chi connectivity index (χ4n) is 1.44. The molecule has 0 heterocycles. The normalized spacial score (nSPS) is 12.7. The van der Waals surface area contributed by atoms with E-state index in [1.54, 1.807) is 14.2 Å². The van der Waals surface area contributed by atoms with E-state index in [1.165, 1.54) is 6.07 Å². The summed E-state index contributed by atoms with van der Waals surface area (Å²) in [5, 5.41) is 2.99. The number of nitrogens with one attached hydrogen (secondary N) is 1. The van der Waals surface area contributed by atoms with Gasteiger partial charge >= 0.3 is 0 Å². The van der Waals surface area contributed by atoms with Crippen molar-refractivity contribution in [3.8, 4) is 0 Å². The van der Waals surface area contributed by atoms with Crippen molar-refractivity contribution >= 4 is 0 Å². The van der Waals surface area contributed by atoms with E-state index in [0.717, 1.165) is 12.1 Å². The largest absolute Gasteiger partial charge is 0.382 e. The van der Waals surface area contributed by atoms with Gasteiger partial charge in [0.2, 0.25) is 0 Å². The average Bonchev–Trinajstić information content (AvgIpc) is 2.32. The van der Waals surface area contributed by atoms with Gasteiger partial charge in [0.05, 0.1) is 12.7 Å². The number of ether oxygens (including phenoxy) is 2. The van der Waals surface area contributed by atoms with E-state index in [0.29, 0.717) is 18.7 Å². The quantitative estimate of drug-likeness (QED) is 0.793. The second-order valence-corrected chi connectivity index (χ2v) is 3.68. The Labute approximate surface area is 99.7 Å². The molecule has 0 bridgehead atoms. The molecule has 1 N–H and O–H groups in total. The lowest BCUT2D eigenvalue weighted by molar-refractivity contribution is 0.0287. The Hall–Kier alpha value is -1.04. The summed E-state index contributed by atoms with van der Waals surface area (Å²) in [5.41, 5.74) is 0.303. The summed E-state index contributed by atoms with van der Waals surface area (Å²) in [7, 11) is 3.16. The van der Waals surface area contributed by atoms with Gasteiger partial charge in [0.15, 0.2) is 0 Å². The maximum atomic E-state index is 13.3. The molecule has 1 aromatic rings. The molecule has 1 rings (SSSR count). The fourth-order valence-corrected chi connectivity index (χ4v) is 1.44. The van der Waals surface area contributed by atoms with Crippen LogP contribution in [-0.4, -0.2) is 33.5 Å². The van der Waals surface area contributed by atoms with Crippen molar-refractivity contribution in [3.63, 3.8) is 0 Å². The van der Waals surface area contributed by atoms with Crippen molar-refractivity contribution in [2.75, 3.05) is 27.4 Å². The summed E-state index contributed by atoms with van der Waals surface area (Å²) < 4.78 is 36.2. The molecule has 3 nitrogen and oxygen atoms in total. The van der Waals surface area contributed by atoms with Gasteiger partial charge in [-0.1, -0.05) is 0 Å². The molecule has 1 unspecified atom stereocenters. The van der Waals surface area contributed by atoms with E-state index in [4.69, 9.17) is 9.47 Å². The Bertz CT molecular complexity index is 347. The van der Waals surface area contributed by atoms with E-state index < -0.39 is 11.6 Å². The molecule has 0 radical (unpaired) electrons. The summed E-state index contributed by atoms with van der Waals surface area (Å²) in [6.07, 6.45) is -0.100. The summed E-state index contributed by atoms with van der Waals surface area (Å²) in [4.78, 5) is 0. The minimum absolute atomic E-state index is 0.100. The Kier molecular flexibility index (Phi) is 6.04. The zero-order chi connectivity index (χ0) is 12.7. The second-order valence-electron chi connectivity index (χ2n) is 3.68. The number of halogens is 2. The van der Waals surface area contributed by atoms with Crippen LogP contribution in [0.15, 0.2) is 18.2 Å². The molecule has 0 aromatic heterocycles. The lowest BCUT2D eigenvalue weighted by Gasteiger charge is -2.15. The molecule has 0 aliphatic carbocycles. The third-order valence-electron chi connectivity index (χ3n) is 2.38. The van der Waals surface area contributed by atoms with Crippen LogP contribution in [0.5, 0.6) is 0 Å². The molecule has 0 fully saturated rings. The van der Waals surface area contributed by atoms with Crippen LogP contribution < -0.4 is 5.32 Å². The molecule has 1 atom stereocenters. The van der Waals surface area contributed by atoms with Gasteiger partial charge in [-0.3, -0.25) is 0 Å². The van der Waals surface area contributed by atoms with Gasteiger partial charge < -0.3 is 14.8 Å². The van der Waals surface area contributed by atoms with Crippen LogP contribution in [0.3, 0.4) is 0 Å². The maximum Gasteiger partial charge on any atom is 0.127 e. The maximum absolute atomic E-state index is 13.3. The van der Waals surface area contributed by atoms with Crippen molar-refractivity contribution in [2.45, 2.75) is 12.6 Å². The number of hydrogen-bond acceptors (Lipinski definition) is 3. The summed E-state index contributed by atoms with van der Waals surface area (Å²) in [6.45, 7) is 1.22. The fraction of sp³-hybridized carbons (Fsp3) is 0.500. The topological polar surface area (TPSA) is 30.5 Å². The predicted octanol–water partition coefficient (Wildman–Crippen LogP) is 1.72. The number of methoxy groups -OCH3 is 2. The highest BCUT2D eigenvalue weighted by Gasteiger charge is 2.07. The molecular formula is C12H17F2NO2. The van der Waals surface area contributed by atoms with E-state index in [1.807, 2.05) is 0 Å². The number of hydrogen-bond donors (Lipinski definition) is 1. The standard InChI is InChI=1S/C12H17F2NO2/c1-16-8-11(17-2)7-15-6-9-5-10(13)3-4-12(9)14/h3-5,11,15H,6-8H2,1-2H3. The summed E-state index contributed by atoms with van der Waals surface area (Å²) in [6, 6.07) is 3.40. The van der Waals surface area contributed by atoms with Gasteiger partial charge in [-0.2, -0.15) is 0 Å². The highest BCUT2D eigenvalue weighted by Crippen LogP contribution is 2.09. The minimum Gasteiger partial charge on any atom is -0.382 e. The number of rotatable bonds is 7. The average molecular weight is 245 g/mol. The molecule has 0 saturated carbocycles. The second kappa shape index (κ2) is 7.32. The zero-order valence-electron chi connectivity index (χ0n) is 10.0. The monoisotopic (exact) mass is 245 g/mol. The lowest BCUT2D eigenvalue weighted by atomic mass is 10.2.